The summed E-state index contributed by atoms with van der Waals surface area (Å²) in [6.45, 7) is 5.06. The van der Waals surface area contributed by atoms with E-state index in [2.05, 4.69) is 5.32 Å². The fourth-order valence-corrected chi connectivity index (χ4v) is 0.915. The van der Waals surface area contributed by atoms with Gasteiger partial charge in [0.2, 0.25) is 5.91 Å². The number of hydrogen-bond donors (Lipinski definition) is 2. The van der Waals surface area contributed by atoms with Gasteiger partial charge in [0.15, 0.2) is 0 Å². The average Bonchev–Trinajstić information content (AvgIpc) is 2.24. The number of carbonyl (C=O) groups is 2. The zero-order valence-corrected chi connectivity index (χ0v) is 10.3. The molecule has 4 nitrogen and oxygen atoms in total. The third-order valence-corrected chi connectivity index (χ3v) is 2.00. The summed E-state index contributed by atoms with van der Waals surface area (Å²) < 4.78 is 48.9. The summed E-state index contributed by atoms with van der Waals surface area (Å²) in [4.78, 5) is 22.2. The molecule has 0 aromatic rings. The molecule has 0 fully saturated rings. The molecule has 0 aliphatic carbocycles. The van der Waals surface area contributed by atoms with Crippen LogP contribution in [0, 0.1) is 5.92 Å². The molecule has 0 heterocycles. The Morgan fingerprint density at radius 2 is 1.67 bits per heavy atom. The van der Waals surface area contributed by atoms with Crippen molar-refractivity contribution in [3.05, 3.63) is 0 Å². The largest absolute Gasteiger partial charge is 0.383 e. The summed E-state index contributed by atoms with van der Waals surface area (Å²) in [5.41, 5.74) is 0. The maximum absolute atomic E-state index is 12.6. The first-order valence-corrected chi connectivity index (χ1v) is 5.33. The second-order valence-electron chi connectivity index (χ2n) is 4.26. The molecule has 1 atom stereocenters. The van der Waals surface area contributed by atoms with E-state index in [1.807, 2.05) is 13.8 Å². The van der Waals surface area contributed by atoms with Crippen LogP contribution in [-0.2, 0) is 9.59 Å². The van der Waals surface area contributed by atoms with E-state index in [-0.39, 0.29) is 5.92 Å². The van der Waals surface area contributed by atoms with Gasteiger partial charge in [0, 0.05) is 6.54 Å². The van der Waals surface area contributed by atoms with Gasteiger partial charge in [0.05, 0.1) is 0 Å². The Labute approximate surface area is 102 Å². The molecule has 0 saturated heterocycles. The predicted molar refractivity (Wildman–Crippen MR) is 56.4 cm³/mol. The molecule has 1 unspecified atom stereocenters. The SMILES string of the molecule is CC(C)CNC(=O)C(C)NC(=O)C(F)(F)C(F)F. The number of rotatable bonds is 6. The molecular formula is C10H16F4N2O2. The molecule has 2 N–H and O–H groups in total. The van der Waals surface area contributed by atoms with E-state index in [9.17, 15) is 27.2 Å². The van der Waals surface area contributed by atoms with Gasteiger partial charge >= 0.3 is 12.3 Å². The van der Waals surface area contributed by atoms with Crippen LogP contribution in [0.5, 0.6) is 0 Å². The third kappa shape index (κ3) is 4.89. The molecule has 0 aliphatic rings. The van der Waals surface area contributed by atoms with Crippen molar-refractivity contribution in [2.45, 2.75) is 39.2 Å². The van der Waals surface area contributed by atoms with Crippen LogP contribution in [-0.4, -0.2) is 36.7 Å². The van der Waals surface area contributed by atoms with Gasteiger partial charge in [-0.1, -0.05) is 13.8 Å². The van der Waals surface area contributed by atoms with Gasteiger partial charge in [-0.15, -0.1) is 0 Å². The molecule has 0 rings (SSSR count). The molecule has 0 aromatic carbocycles. The van der Waals surface area contributed by atoms with E-state index >= 15 is 0 Å². The predicted octanol–water partition coefficient (Wildman–Crippen LogP) is 1.16. The van der Waals surface area contributed by atoms with Crippen LogP contribution >= 0.6 is 0 Å². The lowest BCUT2D eigenvalue weighted by atomic mass is 10.2. The smallest absolute Gasteiger partial charge is 0.354 e. The molecule has 0 radical (unpaired) electrons. The van der Waals surface area contributed by atoms with Crippen molar-refractivity contribution in [2.75, 3.05) is 6.54 Å². The van der Waals surface area contributed by atoms with E-state index in [0.717, 1.165) is 6.92 Å². The quantitative estimate of drug-likeness (QED) is 0.713. The molecule has 106 valence electrons. The minimum absolute atomic E-state index is 0.138. The van der Waals surface area contributed by atoms with Crippen LogP contribution in [0.4, 0.5) is 17.6 Å². The highest BCUT2D eigenvalue weighted by Crippen LogP contribution is 2.22. The summed E-state index contributed by atoms with van der Waals surface area (Å²) in [6.07, 6.45) is -4.11. The second kappa shape index (κ2) is 6.55. The van der Waals surface area contributed by atoms with E-state index < -0.39 is 30.2 Å². The number of alkyl halides is 4. The van der Waals surface area contributed by atoms with Crippen LogP contribution in [0.3, 0.4) is 0 Å². The number of halogens is 4. The summed E-state index contributed by atoms with van der Waals surface area (Å²) in [6, 6.07) is -1.30. The number of hydrogen-bond acceptors (Lipinski definition) is 2. The van der Waals surface area contributed by atoms with Crippen molar-refractivity contribution in [3.8, 4) is 0 Å². The molecular weight excluding hydrogens is 256 g/mol. The van der Waals surface area contributed by atoms with Crippen LogP contribution in [0.1, 0.15) is 20.8 Å². The van der Waals surface area contributed by atoms with Crippen molar-refractivity contribution in [2.24, 2.45) is 5.92 Å². The first-order valence-electron chi connectivity index (χ1n) is 5.33. The Balaban J connectivity index is 4.35. The van der Waals surface area contributed by atoms with Crippen LogP contribution in [0.2, 0.25) is 0 Å². The molecule has 8 heteroatoms. The van der Waals surface area contributed by atoms with Gasteiger partial charge in [0.1, 0.15) is 6.04 Å². The molecule has 0 aliphatic heterocycles. The molecule has 0 saturated carbocycles. The highest BCUT2D eigenvalue weighted by Gasteiger charge is 2.49. The lowest BCUT2D eigenvalue weighted by Crippen LogP contribution is -2.52. The fraction of sp³-hybridized carbons (Fsp3) is 0.800. The summed E-state index contributed by atoms with van der Waals surface area (Å²) in [5.74, 6) is -7.53. The van der Waals surface area contributed by atoms with E-state index in [4.69, 9.17) is 0 Å². The van der Waals surface area contributed by atoms with Crippen molar-refractivity contribution in [1.82, 2.24) is 10.6 Å². The fourth-order valence-electron chi connectivity index (χ4n) is 0.915. The first-order chi connectivity index (χ1) is 8.09. The van der Waals surface area contributed by atoms with Crippen molar-refractivity contribution in [3.63, 3.8) is 0 Å². The highest BCUT2D eigenvalue weighted by molar-refractivity contribution is 5.90. The molecule has 0 bridgehead atoms. The van der Waals surface area contributed by atoms with E-state index in [1.54, 1.807) is 5.32 Å². The van der Waals surface area contributed by atoms with E-state index in [1.165, 1.54) is 0 Å². The number of amides is 2. The summed E-state index contributed by atoms with van der Waals surface area (Å²) in [7, 11) is 0. The standard InChI is InChI=1S/C10H16F4N2O2/c1-5(2)4-15-7(17)6(3)16-9(18)10(13,14)8(11)12/h5-6,8H,4H2,1-3H3,(H,15,17)(H,16,18). The number of nitrogens with one attached hydrogen (secondary N) is 2. The minimum Gasteiger partial charge on any atom is -0.354 e. The normalized spacial score (nSPS) is 13.6. The van der Waals surface area contributed by atoms with Gasteiger partial charge in [-0.3, -0.25) is 9.59 Å². The van der Waals surface area contributed by atoms with Crippen molar-refractivity contribution in [1.29, 1.82) is 0 Å². The minimum atomic E-state index is -4.80. The van der Waals surface area contributed by atoms with Crippen LogP contribution < -0.4 is 10.6 Å². The molecule has 0 spiro atoms. The Hall–Kier alpha value is -1.34. The van der Waals surface area contributed by atoms with E-state index in [0.29, 0.717) is 6.54 Å². The lowest BCUT2D eigenvalue weighted by Gasteiger charge is -2.19. The van der Waals surface area contributed by atoms with Gasteiger partial charge in [0.25, 0.3) is 5.91 Å². The Morgan fingerprint density at radius 3 is 2.06 bits per heavy atom. The highest BCUT2D eigenvalue weighted by atomic mass is 19.3. The Morgan fingerprint density at radius 1 is 1.17 bits per heavy atom. The van der Waals surface area contributed by atoms with Gasteiger partial charge < -0.3 is 10.6 Å². The molecule has 2 amide bonds. The van der Waals surface area contributed by atoms with Gasteiger partial charge in [-0.05, 0) is 12.8 Å². The Kier molecular flexibility index (Phi) is 6.07. The average molecular weight is 272 g/mol. The van der Waals surface area contributed by atoms with Gasteiger partial charge in [-0.2, -0.15) is 8.78 Å². The topological polar surface area (TPSA) is 58.2 Å². The number of carbonyl (C=O) groups excluding carboxylic acids is 2. The van der Waals surface area contributed by atoms with Crippen molar-refractivity contribution < 1.29 is 27.2 Å². The van der Waals surface area contributed by atoms with Crippen molar-refractivity contribution >= 4 is 11.8 Å². The Bertz CT molecular complexity index is 308. The first kappa shape index (κ1) is 16.7. The molecule has 18 heavy (non-hydrogen) atoms. The zero-order valence-electron chi connectivity index (χ0n) is 10.3. The molecule has 0 aromatic heterocycles. The van der Waals surface area contributed by atoms with Crippen LogP contribution in [0.15, 0.2) is 0 Å². The monoisotopic (exact) mass is 272 g/mol. The zero-order chi connectivity index (χ0) is 14.5. The third-order valence-electron chi connectivity index (χ3n) is 2.00. The van der Waals surface area contributed by atoms with Gasteiger partial charge in [-0.25, -0.2) is 8.78 Å². The maximum atomic E-state index is 12.6. The summed E-state index contributed by atoms with van der Waals surface area (Å²) in [5, 5.41) is 3.93. The second-order valence-corrected chi connectivity index (χ2v) is 4.26. The lowest BCUT2D eigenvalue weighted by molar-refractivity contribution is -0.170. The maximum Gasteiger partial charge on any atom is 0.383 e. The summed E-state index contributed by atoms with van der Waals surface area (Å²) >= 11 is 0. The van der Waals surface area contributed by atoms with Crippen LogP contribution in [0.25, 0.3) is 0 Å².